The molecular formula is C12H11F2NO3. The zero-order chi connectivity index (χ0) is 13.4. The smallest absolute Gasteiger partial charge is 0.326 e. The lowest BCUT2D eigenvalue weighted by atomic mass is 9.93. The summed E-state index contributed by atoms with van der Waals surface area (Å²) in [6, 6.07) is 1.21. The zero-order valence-electron chi connectivity index (χ0n) is 9.61. The van der Waals surface area contributed by atoms with E-state index >= 15 is 0 Å². The minimum absolute atomic E-state index is 0.0150. The maximum Gasteiger partial charge on any atom is 0.326 e. The monoisotopic (exact) mass is 255 g/mol. The summed E-state index contributed by atoms with van der Waals surface area (Å²) < 4.78 is 26.7. The normalized spacial score (nSPS) is 18.4. The highest BCUT2D eigenvalue weighted by atomic mass is 19.2. The van der Waals surface area contributed by atoms with Gasteiger partial charge >= 0.3 is 5.97 Å². The molecule has 0 saturated carbocycles. The minimum Gasteiger partial charge on any atom is -0.480 e. The van der Waals surface area contributed by atoms with Gasteiger partial charge in [0.25, 0.3) is 0 Å². The van der Waals surface area contributed by atoms with Crippen molar-refractivity contribution < 1.29 is 23.5 Å². The van der Waals surface area contributed by atoms with Gasteiger partial charge in [-0.2, -0.15) is 0 Å². The molecule has 0 radical (unpaired) electrons. The van der Waals surface area contributed by atoms with Crippen molar-refractivity contribution in [3.8, 4) is 0 Å². The molecule has 1 aromatic rings. The molecule has 96 valence electrons. The molecule has 0 bridgehead atoms. The van der Waals surface area contributed by atoms with Crippen LogP contribution in [0.2, 0.25) is 0 Å². The molecule has 1 N–H and O–H groups in total. The SMILES string of the molecule is CC(=O)N1Cc2ccc(F)c(F)c2CC1C(=O)O. The van der Waals surface area contributed by atoms with E-state index in [1.807, 2.05) is 0 Å². The van der Waals surface area contributed by atoms with Crippen molar-refractivity contribution in [2.45, 2.75) is 25.9 Å². The Bertz CT molecular complexity index is 530. The van der Waals surface area contributed by atoms with Gasteiger partial charge in [-0.25, -0.2) is 13.6 Å². The average molecular weight is 255 g/mol. The van der Waals surface area contributed by atoms with E-state index < -0.39 is 29.6 Å². The zero-order valence-corrected chi connectivity index (χ0v) is 9.61. The summed E-state index contributed by atoms with van der Waals surface area (Å²) in [7, 11) is 0. The van der Waals surface area contributed by atoms with Crippen LogP contribution in [0.15, 0.2) is 12.1 Å². The molecule has 2 rings (SSSR count). The molecular weight excluding hydrogens is 244 g/mol. The largest absolute Gasteiger partial charge is 0.480 e. The molecule has 1 unspecified atom stereocenters. The van der Waals surface area contributed by atoms with Crippen molar-refractivity contribution >= 4 is 11.9 Å². The summed E-state index contributed by atoms with van der Waals surface area (Å²) in [6.07, 6.45) is -0.214. The summed E-state index contributed by atoms with van der Waals surface area (Å²) in [5, 5.41) is 9.03. The minimum atomic E-state index is -1.22. The number of fused-ring (bicyclic) bond motifs is 1. The number of benzene rings is 1. The van der Waals surface area contributed by atoms with Crippen LogP contribution in [-0.4, -0.2) is 27.9 Å². The molecule has 18 heavy (non-hydrogen) atoms. The highest BCUT2D eigenvalue weighted by Gasteiger charge is 2.34. The second kappa shape index (κ2) is 4.36. The van der Waals surface area contributed by atoms with Crippen LogP contribution in [0.1, 0.15) is 18.1 Å². The Hall–Kier alpha value is -1.98. The van der Waals surface area contributed by atoms with Gasteiger partial charge in [-0.15, -0.1) is 0 Å². The molecule has 0 saturated heterocycles. The second-order valence-corrected chi connectivity index (χ2v) is 4.20. The van der Waals surface area contributed by atoms with Gasteiger partial charge in [0.15, 0.2) is 11.6 Å². The number of carbonyl (C=O) groups is 2. The van der Waals surface area contributed by atoms with E-state index in [-0.39, 0.29) is 18.5 Å². The number of carboxylic acid groups (broad SMARTS) is 1. The molecule has 0 spiro atoms. The predicted octanol–water partition coefficient (Wildman–Crippen LogP) is 1.32. The number of hydrogen-bond donors (Lipinski definition) is 1. The van der Waals surface area contributed by atoms with Gasteiger partial charge in [-0.05, 0) is 17.2 Å². The van der Waals surface area contributed by atoms with Crippen LogP contribution < -0.4 is 0 Å². The highest BCUT2D eigenvalue weighted by molar-refractivity contribution is 5.83. The molecule has 1 aliphatic rings. The fourth-order valence-corrected chi connectivity index (χ4v) is 2.15. The van der Waals surface area contributed by atoms with Gasteiger partial charge in [0, 0.05) is 19.9 Å². The first-order valence-electron chi connectivity index (χ1n) is 5.37. The topological polar surface area (TPSA) is 57.6 Å². The lowest BCUT2D eigenvalue weighted by Gasteiger charge is -2.33. The molecule has 0 fully saturated rings. The number of amides is 1. The quantitative estimate of drug-likeness (QED) is 0.823. The third kappa shape index (κ3) is 1.94. The van der Waals surface area contributed by atoms with Gasteiger partial charge < -0.3 is 10.0 Å². The molecule has 1 amide bonds. The van der Waals surface area contributed by atoms with E-state index in [0.717, 1.165) is 11.0 Å². The first-order valence-corrected chi connectivity index (χ1v) is 5.37. The average Bonchev–Trinajstić information content (AvgIpc) is 2.32. The predicted molar refractivity (Wildman–Crippen MR) is 57.7 cm³/mol. The van der Waals surface area contributed by atoms with Crippen LogP contribution in [-0.2, 0) is 22.6 Å². The Morgan fingerprint density at radius 1 is 1.39 bits per heavy atom. The standard InChI is InChI=1S/C12H11F2NO3/c1-6(16)15-5-7-2-3-9(13)11(14)8(7)4-10(15)12(17)18/h2-3,10H,4-5H2,1H3,(H,17,18). The van der Waals surface area contributed by atoms with Gasteiger partial charge in [-0.1, -0.05) is 6.07 Å². The maximum absolute atomic E-state index is 13.6. The number of nitrogens with zero attached hydrogens (tertiary/aromatic N) is 1. The third-order valence-electron chi connectivity index (χ3n) is 3.10. The summed E-state index contributed by atoms with van der Waals surface area (Å²) in [4.78, 5) is 23.6. The highest BCUT2D eigenvalue weighted by Crippen LogP contribution is 2.27. The van der Waals surface area contributed by atoms with Crippen LogP contribution in [0.5, 0.6) is 0 Å². The Balaban J connectivity index is 2.48. The number of hydrogen-bond acceptors (Lipinski definition) is 2. The summed E-state index contributed by atoms with van der Waals surface area (Å²) in [6.45, 7) is 1.24. The summed E-state index contributed by atoms with van der Waals surface area (Å²) >= 11 is 0. The maximum atomic E-state index is 13.6. The van der Waals surface area contributed by atoms with E-state index in [4.69, 9.17) is 5.11 Å². The fraction of sp³-hybridized carbons (Fsp3) is 0.333. The van der Waals surface area contributed by atoms with E-state index in [0.29, 0.717) is 5.56 Å². The molecule has 4 nitrogen and oxygen atoms in total. The molecule has 1 atom stereocenters. The van der Waals surface area contributed by atoms with Crippen molar-refractivity contribution in [3.63, 3.8) is 0 Å². The van der Waals surface area contributed by atoms with Crippen LogP contribution in [0.4, 0.5) is 8.78 Å². The Morgan fingerprint density at radius 3 is 2.61 bits per heavy atom. The van der Waals surface area contributed by atoms with Gasteiger partial charge in [0.05, 0.1) is 0 Å². The van der Waals surface area contributed by atoms with E-state index in [1.54, 1.807) is 0 Å². The van der Waals surface area contributed by atoms with Crippen molar-refractivity contribution in [2.24, 2.45) is 0 Å². The molecule has 1 aliphatic heterocycles. The first kappa shape index (κ1) is 12.5. The van der Waals surface area contributed by atoms with Gasteiger partial charge in [-0.3, -0.25) is 4.79 Å². The van der Waals surface area contributed by atoms with E-state index in [9.17, 15) is 18.4 Å². The lowest BCUT2D eigenvalue weighted by molar-refractivity contribution is -0.150. The van der Waals surface area contributed by atoms with Crippen LogP contribution in [0.3, 0.4) is 0 Å². The number of carboxylic acids is 1. The molecule has 0 aromatic heterocycles. The van der Waals surface area contributed by atoms with Crippen LogP contribution in [0.25, 0.3) is 0 Å². The van der Waals surface area contributed by atoms with Crippen molar-refractivity contribution in [1.82, 2.24) is 4.90 Å². The number of halogens is 2. The lowest BCUT2D eigenvalue weighted by Crippen LogP contribution is -2.48. The van der Waals surface area contributed by atoms with Crippen molar-refractivity contribution in [1.29, 1.82) is 0 Å². The van der Waals surface area contributed by atoms with Crippen molar-refractivity contribution in [2.75, 3.05) is 0 Å². The van der Waals surface area contributed by atoms with E-state index in [1.165, 1.54) is 13.0 Å². The second-order valence-electron chi connectivity index (χ2n) is 4.20. The molecule has 0 aliphatic carbocycles. The first-order chi connectivity index (χ1) is 8.41. The Morgan fingerprint density at radius 2 is 2.06 bits per heavy atom. The summed E-state index contributed by atoms with van der Waals surface area (Å²) in [5.74, 6) is -3.66. The number of carbonyl (C=O) groups excluding carboxylic acids is 1. The number of aliphatic carboxylic acids is 1. The summed E-state index contributed by atoms with van der Waals surface area (Å²) in [5.41, 5.74) is 0.488. The van der Waals surface area contributed by atoms with Gasteiger partial charge in [0.1, 0.15) is 6.04 Å². The Kier molecular flexibility index (Phi) is 3.02. The van der Waals surface area contributed by atoms with E-state index in [2.05, 4.69) is 0 Å². The molecule has 1 heterocycles. The van der Waals surface area contributed by atoms with Gasteiger partial charge in [0.2, 0.25) is 5.91 Å². The van der Waals surface area contributed by atoms with Crippen LogP contribution in [0, 0.1) is 11.6 Å². The van der Waals surface area contributed by atoms with Crippen molar-refractivity contribution in [3.05, 3.63) is 34.9 Å². The molecule has 6 heteroatoms. The number of rotatable bonds is 1. The fourth-order valence-electron chi connectivity index (χ4n) is 2.15. The van der Waals surface area contributed by atoms with Crippen LogP contribution >= 0.6 is 0 Å². The molecule has 1 aromatic carbocycles. The Labute approximate surface area is 102 Å². The third-order valence-corrected chi connectivity index (χ3v) is 3.10.